The molecular weight excluding hydrogens is 256 g/mol. The molecule has 2 aromatic rings. The van der Waals surface area contributed by atoms with Crippen LogP contribution in [0.1, 0.15) is 41.6 Å². The van der Waals surface area contributed by atoms with E-state index in [4.69, 9.17) is 4.74 Å². The van der Waals surface area contributed by atoms with E-state index < -0.39 is 0 Å². The highest BCUT2D eigenvalue weighted by Gasteiger charge is 2.19. The lowest BCUT2D eigenvalue weighted by Gasteiger charge is -2.22. The van der Waals surface area contributed by atoms with Crippen LogP contribution in [0.4, 0.5) is 0 Å². The molecular formula is C16H18O2S. The van der Waals surface area contributed by atoms with Gasteiger partial charge in [0.15, 0.2) is 6.29 Å². The monoisotopic (exact) mass is 274 g/mol. The third-order valence-corrected chi connectivity index (χ3v) is 3.72. The van der Waals surface area contributed by atoms with E-state index in [1.54, 1.807) is 6.07 Å². The number of aryl methyl sites for hydroxylation is 1. The fourth-order valence-electron chi connectivity index (χ4n) is 1.91. The Balaban J connectivity index is 2.38. The molecule has 1 aromatic carbocycles. The van der Waals surface area contributed by atoms with Crippen molar-refractivity contribution in [3.63, 3.8) is 0 Å². The second-order valence-corrected chi connectivity index (χ2v) is 6.60. The quantitative estimate of drug-likeness (QED) is 0.739. The number of aldehydes is 1. The van der Waals surface area contributed by atoms with Gasteiger partial charge in [0.05, 0.1) is 4.88 Å². The topological polar surface area (TPSA) is 26.3 Å². The first-order valence-electron chi connectivity index (χ1n) is 6.23. The molecule has 0 spiro atoms. The Bertz CT molecular complexity index is 591. The number of benzene rings is 1. The van der Waals surface area contributed by atoms with Gasteiger partial charge in [0.2, 0.25) is 0 Å². The average Bonchev–Trinajstić information content (AvgIpc) is 2.75. The third-order valence-electron chi connectivity index (χ3n) is 2.88. The number of hydrogen-bond acceptors (Lipinski definition) is 3. The maximum absolute atomic E-state index is 10.7. The van der Waals surface area contributed by atoms with Gasteiger partial charge in [-0.25, -0.2) is 0 Å². The minimum Gasteiger partial charge on any atom is -0.456 e. The highest BCUT2D eigenvalue weighted by atomic mass is 32.1. The minimum atomic E-state index is 0.0204. The Kier molecular flexibility index (Phi) is 3.76. The lowest BCUT2D eigenvalue weighted by atomic mass is 9.86. The molecule has 100 valence electrons. The summed E-state index contributed by atoms with van der Waals surface area (Å²) < 4.78 is 5.95. The van der Waals surface area contributed by atoms with E-state index in [-0.39, 0.29) is 5.41 Å². The molecule has 0 N–H and O–H groups in total. The van der Waals surface area contributed by atoms with Crippen molar-refractivity contribution in [1.29, 1.82) is 0 Å². The number of ether oxygens (including phenoxy) is 1. The van der Waals surface area contributed by atoms with E-state index in [2.05, 4.69) is 32.9 Å². The fraction of sp³-hybridized carbons (Fsp3) is 0.312. The number of carbonyl (C=O) groups is 1. The number of hydrogen-bond donors (Lipinski definition) is 0. The third kappa shape index (κ3) is 3.24. The van der Waals surface area contributed by atoms with E-state index in [0.717, 1.165) is 28.9 Å². The summed E-state index contributed by atoms with van der Waals surface area (Å²) in [4.78, 5) is 11.4. The minimum absolute atomic E-state index is 0.0204. The Morgan fingerprint density at radius 1 is 1.21 bits per heavy atom. The van der Waals surface area contributed by atoms with Crippen LogP contribution >= 0.6 is 11.3 Å². The summed E-state index contributed by atoms with van der Waals surface area (Å²) in [5.41, 5.74) is 2.35. The Morgan fingerprint density at radius 3 is 2.53 bits per heavy atom. The molecule has 0 aliphatic carbocycles. The zero-order chi connectivity index (χ0) is 14.0. The van der Waals surface area contributed by atoms with Crippen LogP contribution in [0.3, 0.4) is 0 Å². The van der Waals surface area contributed by atoms with Crippen LogP contribution in [-0.4, -0.2) is 6.29 Å². The van der Waals surface area contributed by atoms with Crippen LogP contribution < -0.4 is 4.74 Å². The SMILES string of the molecule is Cc1ccc(C(C)(C)C)c(Oc2csc(C=O)c2)c1. The first-order valence-corrected chi connectivity index (χ1v) is 7.11. The number of rotatable bonds is 3. The molecule has 0 atom stereocenters. The van der Waals surface area contributed by atoms with Crippen molar-refractivity contribution in [3.05, 3.63) is 45.6 Å². The highest BCUT2D eigenvalue weighted by molar-refractivity contribution is 7.11. The van der Waals surface area contributed by atoms with E-state index in [1.165, 1.54) is 11.3 Å². The normalized spacial score (nSPS) is 11.4. The van der Waals surface area contributed by atoms with Crippen LogP contribution in [0.2, 0.25) is 0 Å². The molecule has 3 heteroatoms. The zero-order valence-electron chi connectivity index (χ0n) is 11.7. The molecule has 0 fully saturated rings. The smallest absolute Gasteiger partial charge is 0.160 e. The molecule has 0 aliphatic rings. The molecule has 1 aromatic heterocycles. The van der Waals surface area contributed by atoms with Gasteiger partial charge >= 0.3 is 0 Å². The average molecular weight is 274 g/mol. The van der Waals surface area contributed by atoms with Crippen molar-refractivity contribution >= 4 is 17.6 Å². The van der Waals surface area contributed by atoms with Gasteiger partial charge in [-0.3, -0.25) is 4.79 Å². The molecule has 0 saturated carbocycles. The van der Waals surface area contributed by atoms with Crippen LogP contribution in [0.15, 0.2) is 29.6 Å². The Hall–Kier alpha value is -1.61. The van der Waals surface area contributed by atoms with Gasteiger partial charge in [-0.15, -0.1) is 11.3 Å². The van der Waals surface area contributed by atoms with Crippen molar-refractivity contribution in [2.45, 2.75) is 33.1 Å². The molecule has 0 aliphatic heterocycles. The summed E-state index contributed by atoms with van der Waals surface area (Å²) in [5, 5.41) is 1.86. The molecule has 2 rings (SSSR count). The molecule has 0 unspecified atom stereocenters. The van der Waals surface area contributed by atoms with Gasteiger partial charge < -0.3 is 4.74 Å². The summed E-state index contributed by atoms with van der Waals surface area (Å²) in [5.74, 6) is 1.59. The zero-order valence-corrected chi connectivity index (χ0v) is 12.5. The number of carbonyl (C=O) groups excluding carboxylic acids is 1. The summed E-state index contributed by atoms with van der Waals surface area (Å²) in [7, 11) is 0. The first kappa shape index (κ1) is 13.8. The maximum atomic E-state index is 10.7. The van der Waals surface area contributed by atoms with Gasteiger partial charge in [0, 0.05) is 17.0 Å². The predicted molar refractivity (Wildman–Crippen MR) is 79.7 cm³/mol. The van der Waals surface area contributed by atoms with Gasteiger partial charge in [-0.05, 0) is 24.0 Å². The van der Waals surface area contributed by atoms with Crippen molar-refractivity contribution in [2.24, 2.45) is 0 Å². The standard InChI is InChI=1S/C16H18O2S/c1-11-5-6-14(16(2,3)4)15(7-11)18-12-8-13(9-17)19-10-12/h5-10H,1-4H3. The molecule has 0 radical (unpaired) electrons. The second-order valence-electron chi connectivity index (χ2n) is 5.65. The molecule has 0 amide bonds. The predicted octanol–water partition coefficient (Wildman–Crippen LogP) is 4.96. The first-order chi connectivity index (χ1) is 8.90. The Labute approximate surface area is 118 Å². The van der Waals surface area contributed by atoms with Crippen molar-refractivity contribution in [3.8, 4) is 11.5 Å². The summed E-state index contributed by atoms with van der Waals surface area (Å²) in [6.07, 6.45) is 0.846. The van der Waals surface area contributed by atoms with Gasteiger partial charge in [0.25, 0.3) is 0 Å². The number of thiophene rings is 1. The maximum Gasteiger partial charge on any atom is 0.160 e. The van der Waals surface area contributed by atoms with Crippen molar-refractivity contribution in [2.75, 3.05) is 0 Å². The van der Waals surface area contributed by atoms with E-state index in [0.29, 0.717) is 4.88 Å². The lowest BCUT2D eigenvalue weighted by molar-refractivity contribution is 0.112. The Morgan fingerprint density at radius 2 is 1.95 bits per heavy atom. The van der Waals surface area contributed by atoms with Crippen LogP contribution in [0.5, 0.6) is 11.5 Å². The van der Waals surface area contributed by atoms with Gasteiger partial charge in [-0.1, -0.05) is 32.9 Å². The summed E-state index contributed by atoms with van der Waals surface area (Å²) in [6, 6.07) is 8.01. The molecule has 0 bridgehead atoms. The van der Waals surface area contributed by atoms with E-state index in [9.17, 15) is 4.79 Å². The van der Waals surface area contributed by atoms with Gasteiger partial charge in [-0.2, -0.15) is 0 Å². The van der Waals surface area contributed by atoms with Crippen LogP contribution in [0, 0.1) is 6.92 Å². The van der Waals surface area contributed by atoms with Crippen molar-refractivity contribution < 1.29 is 9.53 Å². The van der Waals surface area contributed by atoms with Crippen LogP contribution in [0.25, 0.3) is 0 Å². The highest BCUT2D eigenvalue weighted by Crippen LogP contribution is 2.35. The molecule has 2 nitrogen and oxygen atoms in total. The van der Waals surface area contributed by atoms with Gasteiger partial charge in [0.1, 0.15) is 11.5 Å². The fourth-order valence-corrected chi connectivity index (χ4v) is 2.52. The van der Waals surface area contributed by atoms with Crippen molar-refractivity contribution in [1.82, 2.24) is 0 Å². The van der Waals surface area contributed by atoms with E-state index in [1.807, 2.05) is 18.4 Å². The largest absolute Gasteiger partial charge is 0.456 e. The van der Waals surface area contributed by atoms with E-state index >= 15 is 0 Å². The summed E-state index contributed by atoms with van der Waals surface area (Å²) >= 11 is 1.39. The summed E-state index contributed by atoms with van der Waals surface area (Å²) in [6.45, 7) is 8.53. The molecule has 1 heterocycles. The molecule has 19 heavy (non-hydrogen) atoms. The second kappa shape index (κ2) is 5.17. The van der Waals surface area contributed by atoms with Crippen LogP contribution in [-0.2, 0) is 5.41 Å². The lowest BCUT2D eigenvalue weighted by Crippen LogP contribution is -2.12. The molecule has 0 saturated heterocycles.